The van der Waals surface area contributed by atoms with Gasteiger partial charge in [0.05, 0.1) is 12.2 Å². The lowest BCUT2D eigenvalue weighted by atomic mass is 9.44. The fourth-order valence-corrected chi connectivity index (χ4v) is 7.86. The molecule has 136 valence electrons. The number of Topliss-reactive ketones (excluding diaryl/α,β-unsaturated/α-hetero) is 1. The van der Waals surface area contributed by atoms with Crippen molar-refractivity contribution in [1.82, 2.24) is 0 Å². The number of carbonyl (C=O) groups excluding carboxylic acids is 1. The van der Waals surface area contributed by atoms with Crippen LogP contribution in [0.15, 0.2) is 0 Å². The van der Waals surface area contributed by atoms with Crippen LogP contribution in [0.1, 0.15) is 72.1 Å². The predicted molar refractivity (Wildman–Crippen MR) is 93.3 cm³/mol. The molecule has 4 saturated carbocycles. The Morgan fingerprint density at radius 2 is 1.71 bits per heavy atom. The summed E-state index contributed by atoms with van der Waals surface area (Å²) in [5.41, 5.74) is 0.0726. The van der Waals surface area contributed by atoms with Crippen LogP contribution in [0.3, 0.4) is 0 Å². The van der Waals surface area contributed by atoms with Gasteiger partial charge < -0.3 is 10.2 Å². The number of fused-ring (bicyclic) bond motifs is 5. The fourth-order valence-electron chi connectivity index (χ4n) is 7.86. The van der Waals surface area contributed by atoms with Crippen LogP contribution in [0, 0.1) is 40.4 Å². The van der Waals surface area contributed by atoms with Gasteiger partial charge in [-0.25, -0.2) is 0 Å². The molecular formula is C21H34O3. The van der Waals surface area contributed by atoms with E-state index in [1.807, 2.05) is 0 Å². The van der Waals surface area contributed by atoms with Crippen molar-refractivity contribution < 1.29 is 15.0 Å². The van der Waals surface area contributed by atoms with Gasteiger partial charge in [-0.15, -0.1) is 0 Å². The quantitative estimate of drug-likeness (QED) is 0.771. The lowest BCUT2D eigenvalue weighted by Gasteiger charge is -2.62. The van der Waals surface area contributed by atoms with Crippen LogP contribution in [0.4, 0.5) is 0 Å². The summed E-state index contributed by atoms with van der Waals surface area (Å²) in [6.07, 6.45) is 7.92. The first-order chi connectivity index (χ1) is 11.3. The number of hydrogen-bond acceptors (Lipinski definition) is 3. The number of aliphatic hydroxyl groups is 2. The van der Waals surface area contributed by atoms with Gasteiger partial charge in [0.25, 0.3) is 0 Å². The molecule has 2 N–H and O–H groups in total. The van der Waals surface area contributed by atoms with E-state index in [2.05, 4.69) is 13.8 Å². The zero-order chi connectivity index (χ0) is 17.3. The summed E-state index contributed by atoms with van der Waals surface area (Å²) in [5, 5.41) is 21.3. The van der Waals surface area contributed by atoms with Crippen LogP contribution in [-0.2, 0) is 4.79 Å². The molecule has 3 nitrogen and oxygen atoms in total. The first kappa shape index (κ1) is 17.0. The Labute approximate surface area is 146 Å². The standard InChI is InChI=1S/C21H34O3/c1-12(22)16-6-7-17-15-5-4-13-10-14(23)8-9-20(13,2)18(15)11-19(24)21(16,17)3/h13-19,23-24H,4-11H2,1-3H3/t13?,14?,15-,16+,17-,18-,19?,20-,21+/m0/s1. The molecule has 0 aliphatic heterocycles. The molecule has 0 saturated heterocycles. The normalized spacial score (nSPS) is 57.0. The van der Waals surface area contributed by atoms with E-state index in [4.69, 9.17) is 0 Å². The third-order valence-electron chi connectivity index (χ3n) is 9.24. The molecule has 0 amide bonds. The Kier molecular flexibility index (Phi) is 3.93. The van der Waals surface area contributed by atoms with Crippen LogP contribution in [0.2, 0.25) is 0 Å². The Bertz CT molecular complexity index is 531. The zero-order valence-electron chi connectivity index (χ0n) is 15.5. The highest BCUT2D eigenvalue weighted by Crippen LogP contribution is 2.67. The second kappa shape index (κ2) is 5.54. The maximum atomic E-state index is 12.2. The highest BCUT2D eigenvalue weighted by Gasteiger charge is 2.63. The van der Waals surface area contributed by atoms with E-state index in [1.165, 1.54) is 12.8 Å². The maximum Gasteiger partial charge on any atom is 0.133 e. The number of ketones is 1. The number of rotatable bonds is 1. The second-order valence-electron chi connectivity index (χ2n) is 9.94. The van der Waals surface area contributed by atoms with Crippen molar-refractivity contribution in [2.45, 2.75) is 84.3 Å². The summed E-state index contributed by atoms with van der Waals surface area (Å²) in [7, 11) is 0. The molecule has 3 unspecified atom stereocenters. The van der Waals surface area contributed by atoms with E-state index in [0.717, 1.165) is 38.5 Å². The van der Waals surface area contributed by atoms with E-state index in [9.17, 15) is 15.0 Å². The molecule has 4 aliphatic carbocycles. The zero-order valence-corrected chi connectivity index (χ0v) is 15.5. The minimum atomic E-state index is -0.345. The van der Waals surface area contributed by atoms with Gasteiger partial charge in [0.2, 0.25) is 0 Å². The van der Waals surface area contributed by atoms with Gasteiger partial charge in [0, 0.05) is 11.3 Å². The third kappa shape index (κ3) is 2.13. The van der Waals surface area contributed by atoms with Crippen molar-refractivity contribution in [1.29, 1.82) is 0 Å². The molecule has 0 aromatic carbocycles. The number of aliphatic hydroxyl groups excluding tert-OH is 2. The molecule has 4 aliphatic rings. The summed E-state index contributed by atoms with van der Waals surface area (Å²) < 4.78 is 0. The summed E-state index contributed by atoms with van der Waals surface area (Å²) in [6, 6.07) is 0. The predicted octanol–water partition coefficient (Wildman–Crippen LogP) is 3.57. The van der Waals surface area contributed by atoms with Gasteiger partial charge in [0.1, 0.15) is 5.78 Å². The van der Waals surface area contributed by atoms with Crippen molar-refractivity contribution in [2.75, 3.05) is 0 Å². The first-order valence-electron chi connectivity index (χ1n) is 10.1. The van der Waals surface area contributed by atoms with Crippen LogP contribution in [0.5, 0.6) is 0 Å². The number of carbonyl (C=O) groups is 1. The average Bonchev–Trinajstić information content (AvgIpc) is 2.88. The molecule has 9 atom stereocenters. The Hall–Kier alpha value is -0.410. The van der Waals surface area contributed by atoms with Gasteiger partial charge in [-0.3, -0.25) is 4.79 Å². The number of hydrogen-bond donors (Lipinski definition) is 2. The van der Waals surface area contributed by atoms with Gasteiger partial charge in [0.15, 0.2) is 0 Å². The Morgan fingerprint density at radius 1 is 0.958 bits per heavy atom. The first-order valence-corrected chi connectivity index (χ1v) is 10.1. The maximum absolute atomic E-state index is 12.2. The Morgan fingerprint density at radius 3 is 2.42 bits per heavy atom. The minimum Gasteiger partial charge on any atom is -0.393 e. The highest BCUT2D eigenvalue weighted by molar-refractivity contribution is 5.79. The highest BCUT2D eigenvalue weighted by atomic mass is 16.3. The fraction of sp³-hybridized carbons (Fsp3) is 0.952. The minimum absolute atomic E-state index is 0.0529. The van der Waals surface area contributed by atoms with E-state index < -0.39 is 0 Å². The SMILES string of the molecule is CC(=O)[C@H]1CC[C@H]2[C@@H]3CCC4CC(O)CC[C@]4(C)[C@H]3CC(O)[C@]12C. The summed E-state index contributed by atoms with van der Waals surface area (Å²) >= 11 is 0. The molecule has 0 radical (unpaired) electrons. The topological polar surface area (TPSA) is 57.5 Å². The van der Waals surface area contributed by atoms with Crippen LogP contribution in [-0.4, -0.2) is 28.2 Å². The van der Waals surface area contributed by atoms with Gasteiger partial charge in [-0.1, -0.05) is 13.8 Å². The molecule has 4 fully saturated rings. The molecular weight excluding hydrogens is 300 g/mol. The molecule has 3 heteroatoms. The molecule has 0 bridgehead atoms. The monoisotopic (exact) mass is 334 g/mol. The summed E-state index contributed by atoms with van der Waals surface area (Å²) in [6.45, 7) is 6.36. The molecule has 0 aromatic rings. The van der Waals surface area contributed by atoms with E-state index >= 15 is 0 Å². The van der Waals surface area contributed by atoms with E-state index in [1.54, 1.807) is 6.92 Å². The average molecular weight is 335 g/mol. The van der Waals surface area contributed by atoms with Crippen LogP contribution in [0.25, 0.3) is 0 Å². The summed E-state index contributed by atoms with van der Waals surface area (Å²) in [5.74, 6) is 2.69. The van der Waals surface area contributed by atoms with Crippen LogP contribution < -0.4 is 0 Å². The molecule has 24 heavy (non-hydrogen) atoms. The molecule has 4 rings (SSSR count). The van der Waals surface area contributed by atoms with Crippen molar-refractivity contribution in [3.05, 3.63) is 0 Å². The van der Waals surface area contributed by atoms with Crippen molar-refractivity contribution in [2.24, 2.45) is 40.4 Å². The second-order valence-corrected chi connectivity index (χ2v) is 9.94. The van der Waals surface area contributed by atoms with Crippen molar-refractivity contribution in [3.8, 4) is 0 Å². The lowest BCUT2D eigenvalue weighted by molar-refractivity contribution is -0.173. The Balaban J connectivity index is 1.66. The van der Waals surface area contributed by atoms with Crippen molar-refractivity contribution in [3.63, 3.8) is 0 Å². The molecule has 0 spiro atoms. The van der Waals surface area contributed by atoms with E-state index in [-0.39, 0.29) is 34.7 Å². The van der Waals surface area contributed by atoms with Crippen LogP contribution >= 0.6 is 0 Å². The third-order valence-corrected chi connectivity index (χ3v) is 9.24. The van der Waals surface area contributed by atoms with Crippen molar-refractivity contribution >= 4 is 5.78 Å². The summed E-state index contributed by atoms with van der Waals surface area (Å²) in [4.78, 5) is 12.2. The molecule has 0 aromatic heterocycles. The largest absolute Gasteiger partial charge is 0.393 e. The van der Waals surface area contributed by atoms with E-state index in [0.29, 0.717) is 23.7 Å². The smallest absolute Gasteiger partial charge is 0.133 e. The molecule has 0 heterocycles. The lowest BCUT2D eigenvalue weighted by Crippen LogP contribution is -2.58. The van der Waals surface area contributed by atoms with Gasteiger partial charge in [-0.05, 0) is 87.4 Å². The van der Waals surface area contributed by atoms with Gasteiger partial charge >= 0.3 is 0 Å². The van der Waals surface area contributed by atoms with Gasteiger partial charge in [-0.2, -0.15) is 0 Å².